The highest BCUT2D eigenvalue weighted by Crippen LogP contribution is 2.24. The number of rotatable bonds is 6. The van der Waals surface area contributed by atoms with Gasteiger partial charge >= 0.3 is 0 Å². The number of benzene rings is 1. The molecule has 0 aliphatic heterocycles. The van der Waals surface area contributed by atoms with Gasteiger partial charge in [0.25, 0.3) is 0 Å². The summed E-state index contributed by atoms with van der Waals surface area (Å²) in [6, 6.07) is 4.38. The van der Waals surface area contributed by atoms with Crippen LogP contribution in [0.4, 0.5) is 5.69 Å². The van der Waals surface area contributed by atoms with Gasteiger partial charge in [0.2, 0.25) is 10.0 Å². The number of aromatic nitrogens is 1. The number of nitrogens with one attached hydrogen (secondary N) is 1. The van der Waals surface area contributed by atoms with E-state index >= 15 is 0 Å². The van der Waals surface area contributed by atoms with Crippen LogP contribution in [-0.2, 0) is 10.0 Å². The van der Waals surface area contributed by atoms with Gasteiger partial charge in [-0.3, -0.25) is 0 Å². The predicted molar refractivity (Wildman–Crippen MR) is 83.1 cm³/mol. The minimum Gasteiger partial charge on any atom is -0.495 e. The molecule has 0 radical (unpaired) electrons. The highest BCUT2D eigenvalue weighted by atomic mass is 32.2. The Morgan fingerprint density at radius 1 is 1.48 bits per heavy atom. The Morgan fingerprint density at radius 2 is 2.24 bits per heavy atom. The first-order valence-corrected chi connectivity index (χ1v) is 8.63. The van der Waals surface area contributed by atoms with Gasteiger partial charge in [-0.05, 0) is 18.2 Å². The van der Waals surface area contributed by atoms with Crippen LogP contribution in [0.2, 0.25) is 0 Å². The second-order valence-corrected chi connectivity index (χ2v) is 7.22. The van der Waals surface area contributed by atoms with Crippen LogP contribution < -0.4 is 15.2 Å². The van der Waals surface area contributed by atoms with Gasteiger partial charge in [-0.1, -0.05) is 6.92 Å². The van der Waals surface area contributed by atoms with Gasteiger partial charge in [0, 0.05) is 24.0 Å². The second-order valence-electron chi connectivity index (χ2n) is 4.53. The SMILES string of the molecule is COc1ccc(S(=O)(=O)NCC(C)c2nccs2)cc1N. The lowest BCUT2D eigenvalue weighted by molar-refractivity contribution is 0.416. The van der Waals surface area contributed by atoms with Gasteiger partial charge in [-0.15, -0.1) is 11.3 Å². The van der Waals surface area contributed by atoms with Gasteiger partial charge in [-0.25, -0.2) is 18.1 Å². The van der Waals surface area contributed by atoms with E-state index in [2.05, 4.69) is 9.71 Å². The number of methoxy groups -OCH3 is 1. The van der Waals surface area contributed by atoms with E-state index in [1.54, 1.807) is 6.20 Å². The van der Waals surface area contributed by atoms with E-state index < -0.39 is 10.0 Å². The monoisotopic (exact) mass is 327 g/mol. The number of sulfonamides is 1. The topological polar surface area (TPSA) is 94.3 Å². The highest BCUT2D eigenvalue weighted by molar-refractivity contribution is 7.89. The van der Waals surface area contributed by atoms with Gasteiger partial charge in [0.1, 0.15) is 5.75 Å². The molecule has 1 unspecified atom stereocenters. The number of nitrogens with zero attached hydrogens (tertiary/aromatic N) is 1. The Labute approximate surface area is 128 Å². The van der Waals surface area contributed by atoms with E-state index in [1.165, 1.54) is 36.6 Å². The first kappa shape index (κ1) is 15.7. The molecule has 0 aliphatic carbocycles. The quantitative estimate of drug-likeness (QED) is 0.789. The number of nitrogens with two attached hydrogens (primary N) is 1. The maximum atomic E-state index is 12.2. The fourth-order valence-corrected chi connectivity index (χ4v) is 3.63. The van der Waals surface area contributed by atoms with Gasteiger partial charge in [0.05, 0.1) is 22.7 Å². The van der Waals surface area contributed by atoms with E-state index in [4.69, 9.17) is 10.5 Å². The standard InChI is InChI=1S/C13H17N3O3S2/c1-9(13-15-5-6-20-13)8-16-21(17,18)10-3-4-12(19-2)11(14)7-10/h3-7,9,16H,8,14H2,1-2H3. The summed E-state index contributed by atoms with van der Waals surface area (Å²) in [4.78, 5) is 4.29. The molecule has 0 spiro atoms. The first-order chi connectivity index (χ1) is 9.94. The van der Waals surface area contributed by atoms with Crippen molar-refractivity contribution in [2.75, 3.05) is 19.4 Å². The van der Waals surface area contributed by atoms with Crippen molar-refractivity contribution in [1.29, 1.82) is 0 Å². The number of nitrogen functional groups attached to an aromatic ring is 1. The molecule has 8 heteroatoms. The smallest absolute Gasteiger partial charge is 0.240 e. The molecule has 0 bridgehead atoms. The van der Waals surface area contributed by atoms with Crippen molar-refractivity contribution in [1.82, 2.24) is 9.71 Å². The molecule has 3 N–H and O–H groups in total. The molecule has 0 saturated heterocycles. The number of anilines is 1. The zero-order valence-corrected chi connectivity index (χ0v) is 13.4. The van der Waals surface area contributed by atoms with E-state index in [1.807, 2.05) is 12.3 Å². The van der Waals surface area contributed by atoms with Crippen LogP contribution >= 0.6 is 11.3 Å². The summed E-state index contributed by atoms with van der Waals surface area (Å²) in [5.74, 6) is 0.459. The Bertz CT molecular complexity index is 699. The third-order valence-electron chi connectivity index (χ3n) is 2.96. The average Bonchev–Trinajstić information content (AvgIpc) is 2.99. The molecular formula is C13H17N3O3S2. The third kappa shape index (κ3) is 3.72. The average molecular weight is 327 g/mol. The molecule has 6 nitrogen and oxygen atoms in total. The summed E-state index contributed by atoms with van der Waals surface area (Å²) in [5, 5.41) is 2.76. The summed E-state index contributed by atoms with van der Waals surface area (Å²) in [5.41, 5.74) is 6.02. The van der Waals surface area contributed by atoms with Gasteiger partial charge in [-0.2, -0.15) is 0 Å². The molecular weight excluding hydrogens is 310 g/mol. The zero-order valence-electron chi connectivity index (χ0n) is 11.7. The fraction of sp³-hybridized carbons (Fsp3) is 0.308. The van der Waals surface area contributed by atoms with E-state index in [0.717, 1.165) is 5.01 Å². The minimum atomic E-state index is -3.60. The molecule has 0 fully saturated rings. The summed E-state index contributed by atoms with van der Waals surface area (Å²) in [6.07, 6.45) is 1.70. The van der Waals surface area contributed by atoms with Crippen LogP contribution in [0.3, 0.4) is 0 Å². The third-order valence-corrected chi connectivity index (χ3v) is 5.39. The molecule has 2 aromatic rings. The van der Waals surface area contributed by atoms with Crippen molar-refractivity contribution < 1.29 is 13.2 Å². The summed E-state index contributed by atoms with van der Waals surface area (Å²) < 4.78 is 32.1. The van der Waals surface area contributed by atoms with Crippen molar-refractivity contribution >= 4 is 27.0 Å². The van der Waals surface area contributed by atoms with Crippen molar-refractivity contribution in [3.05, 3.63) is 34.8 Å². The molecule has 0 saturated carbocycles. The van der Waals surface area contributed by atoms with Crippen molar-refractivity contribution in [2.24, 2.45) is 0 Å². The normalized spacial score (nSPS) is 13.0. The molecule has 21 heavy (non-hydrogen) atoms. The summed E-state index contributed by atoms with van der Waals surface area (Å²) in [6.45, 7) is 2.20. The van der Waals surface area contributed by atoms with E-state index in [0.29, 0.717) is 5.75 Å². The van der Waals surface area contributed by atoms with Crippen LogP contribution in [0.5, 0.6) is 5.75 Å². The lowest BCUT2D eigenvalue weighted by atomic mass is 10.2. The lowest BCUT2D eigenvalue weighted by Crippen LogP contribution is -2.27. The van der Waals surface area contributed by atoms with Crippen molar-refractivity contribution in [3.8, 4) is 5.75 Å². The Morgan fingerprint density at radius 3 is 2.81 bits per heavy atom. The highest BCUT2D eigenvalue weighted by Gasteiger charge is 2.18. The van der Waals surface area contributed by atoms with E-state index in [-0.39, 0.29) is 23.0 Å². The Kier molecular flexibility index (Phi) is 4.81. The van der Waals surface area contributed by atoms with Crippen LogP contribution in [0.15, 0.2) is 34.7 Å². The van der Waals surface area contributed by atoms with Crippen LogP contribution in [0.25, 0.3) is 0 Å². The first-order valence-electron chi connectivity index (χ1n) is 6.26. The van der Waals surface area contributed by atoms with Crippen molar-refractivity contribution in [2.45, 2.75) is 17.7 Å². The molecule has 1 heterocycles. The fourth-order valence-electron chi connectivity index (χ4n) is 1.76. The number of hydrogen-bond acceptors (Lipinski definition) is 6. The Hall–Kier alpha value is -1.64. The van der Waals surface area contributed by atoms with E-state index in [9.17, 15) is 8.42 Å². The summed E-state index contributed by atoms with van der Waals surface area (Å²) in [7, 11) is -2.12. The number of hydrogen-bond donors (Lipinski definition) is 2. The largest absolute Gasteiger partial charge is 0.495 e. The maximum absolute atomic E-state index is 12.2. The molecule has 0 aliphatic rings. The van der Waals surface area contributed by atoms with Gasteiger partial charge < -0.3 is 10.5 Å². The number of thiazole rings is 1. The van der Waals surface area contributed by atoms with Crippen LogP contribution in [0.1, 0.15) is 17.8 Å². The molecule has 1 atom stereocenters. The second kappa shape index (κ2) is 6.42. The Balaban J connectivity index is 2.10. The van der Waals surface area contributed by atoms with Crippen LogP contribution in [0, 0.1) is 0 Å². The van der Waals surface area contributed by atoms with Crippen molar-refractivity contribution in [3.63, 3.8) is 0 Å². The molecule has 0 amide bonds. The molecule has 1 aromatic heterocycles. The summed E-state index contributed by atoms with van der Waals surface area (Å²) >= 11 is 1.50. The zero-order chi connectivity index (χ0) is 15.5. The number of ether oxygens (including phenoxy) is 1. The maximum Gasteiger partial charge on any atom is 0.240 e. The predicted octanol–water partition coefficient (Wildman–Crippen LogP) is 1.82. The molecule has 2 rings (SSSR count). The molecule has 114 valence electrons. The lowest BCUT2D eigenvalue weighted by Gasteiger charge is -2.12. The minimum absolute atomic E-state index is 0.00960. The van der Waals surface area contributed by atoms with Crippen LogP contribution in [-0.4, -0.2) is 27.1 Å². The molecule has 1 aromatic carbocycles. The van der Waals surface area contributed by atoms with Gasteiger partial charge in [0.15, 0.2) is 0 Å².